The van der Waals surface area contributed by atoms with E-state index in [0.717, 1.165) is 25.3 Å². The van der Waals surface area contributed by atoms with Crippen molar-refractivity contribution in [3.05, 3.63) is 29.8 Å². The molecule has 1 N–H and O–H groups in total. The predicted molar refractivity (Wildman–Crippen MR) is 68.4 cm³/mol. The number of methoxy groups -OCH3 is 1. The maximum absolute atomic E-state index is 5.63. The highest BCUT2D eigenvalue weighted by molar-refractivity contribution is 5.39. The number of hydrogen-bond acceptors (Lipinski definition) is 3. The largest absolute Gasteiger partial charge is 0.491 e. The molecular formula is C14H21NO2. The smallest absolute Gasteiger partial charge is 0.124 e. The highest BCUT2D eigenvalue weighted by Crippen LogP contribution is 2.31. The van der Waals surface area contributed by atoms with Crippen LogP contribution in [0.3, 0.4) is 0 Å². The summed E-state index contributed by atoms with van der Waals surface area (Å²) in [6.07, 6.45) is 0.988. The number of para-hydroxylation sites is 1. The van der Waals surface area contributed by atoms with E-state index in [1.54, 1.807) is 7.11 Å². The minimum absolute atomic E-state index is 0.0635. The molecule has 1 aromatic rings. The first-order chi connectivity index (χ1) is 8.12. The summed E-state index contributed by atoms with van der Waals surface area (Å²) in [4.78, 5) is 0. The van der Waals surface area contributed by atoms with E-state index in [1.165, 1.54) is 5.56 Å². The van der Waals surface area contributed by atoms with Gasteiger partial charge in [-0.2, -0.15) is 0 Å². The lowest BCUT2D eigenvalue weighted by Crippen LogP contribution is -2.31. The van der Waals surface area contributed by atoms with Crippen LogP contribution in [0.25, 0.3) is 0 Å². The quantitative estimate of drug-likeness (QED) is 0.850. The first-order valence-electron chi connectivity index (χ1n) is 6.13. The zero-order valence-electron chi connectivity index (χ0n) is 10.8. The van der Waals surface area contributed by atoms with E-state index in [-0.39, 0.29) is 5.60 Å². The van der Waals surface area contributed by atoms with Gasteiger partial charge in [0.2, 0.25) is 0 Å². The third-order valence-corrected chi connectivity index (χ3v) is 3.37. The molecular weight excluding hydrogens is 214 g/mol. The molecule has 94 valence electrons. The van der Waals surface area contributed by atoms with Gasteiger partial charge in [-0.05, 0) is 32.9 Å². The summed E-state index contributed by atoms with van der Waals surface area (Å²) in [6.45, 7) is 5.87. The Bertz CT molecular complexity index is 376. The number of ether oxygens (including phenoxy) is 2. The Hall–Kier alpha value is -1.06. The van der Waals surface area contributed by atoms with Gasteiger partial charge in [0, 0.05) is 12.7 Å². The lowest BCUT2D eigenvalue weighted by Gasteiger charge is -2.23. The van der Waals surface area contributed by atoms with Crippen molar-refractivity contribution in [1.29, 1.82) is 0 Å². The molecule has 1 aromatic carbocycles. The summed E-state index contributed by atoms with van der Waals surface area (Å²) < 4.78 is 11.0. The topological polar surface area (TPSA) is 30.5 Å². The van der Waals surface area contributed by atoms with Crippen molar-refractivity contribution in [2.45, 2.75) is 31.9 Å². The number of hydrogen-bond donors (Lipinski definition) is 1. The highest BCUT2D eigenvalue weighted by Gasteiger charge is 2.24. The van der Waals surface area contributed by atoms with Crippen LogP contribution in [0.15, 0.2) is 24.3 Å². The molecule has 0 fully saturated rings. The number of rotatable bonds is 5. The fourth-order valence-electron chi connectivity index (χ4n) is 1.98. The first-order valence-corrected chi connectivity index (χ1v) is 6.13. The number of benzene rings is 1. The predicted octanol–water partition coefficient (Wildman–Crippen LogP) is 2.52. The summed E-state index contributed by atoms with van der Waals surface area (Å²) in [7, 11) is 1.76. The van der Waals surface area contributed by atoms with Crippen molar-refractivity contribution in [3.63, 3.8) is 0 Å². The molecule has 1 aliphatic heterocycles. The summed E-state index contributed by atoms with van der Waals surface area (Å²) in [5, 5.41) is 3.52. The molecule has 17 heavy (non-hydrogen) atoms. The van der Waals surface area contributed by atoms with E-state index in [2.05, 4.69) is 31.3 Å². The second-order valence-corrected chi connectivity index (χ2v) is 5.07. The normalized spacial score (nSPS) is 18.9. The first kappa shape index (κ1) is 12.4. The summed E-state index contributed by atoms with van der Waals surface area (Å²) in [5.74, 6) is 1.01. The van der Waals surface area contributed by atoms with E-state index in [9.17, 15) is 0 Å². The van der Waals surface area contributed by atoms with Gasteiger partial charge in [0.05, 0.1) is 11.6 Å². The van der Waals surface area contributed by atoms with Gasteiger partial charge in [-0.15, -0.1) is 0 Å². The summed E-state index contributed by atoms with van der Waals surface area (Å²) >= 11 is 0. The van der Waals surface area contributed by atoms with Crippen LogP contribution in [0, 0.1) is 0 Å². The van der Waals surface area contributed by atoms with Crippen molar-refractivity contribution in [1.82, 2.24) is 5.32 Å². The molecule has 0 spiro atoms. The highest BCUT2D eigenvalue weighted by atomic mass is 16.5. The molecule has 0 saturated heterocycles. The molecule has 1 heterocycles. The van der Waals surface area contributed by atoms with Crippen LogP contribution in [-0.2, 0) is 4.74 Å². The maximum atomic E-state index is 5.63. The Labute approximate surface area is 103 Å². The molecule has 0 aromatic heterocycles. The average molecular weight is 235 g/mol. The van der Waals surface area contributed by atoms with Crippen LogP contribution >= 0.6 is 0 Å². The van der Waals surface area contributed by atoms with E-state index in [0.29, 0.717) is 6.04 Å². The molecule has 0 bridgehead atoms. The zero-order valence-corrected chi connectivity index (χ0v) is 10.8. The zero-order chi connectivity index (χ0) is 12.3. The molecule has 1 aliphatic rings. The van der Waals surface area contributed by atoms with Crippen LogP contribution in [0.4, 0.5) is 0 Å². The van der Waals surface area contributed by atoms with Gasteiger partial charge in [0.1, 0.15) is 12.4 Å². The van der Waals surface area contributed by atoms with Crippen LogP contribution in [0.5, 0.6) is 5.75 Å². The van der Waals surface area contributed by atoms with Gasteiger partial charge >= 0.3 is 0 Å². The second-order valence-electron chi connectivity index (χ2n) is 5.07. The van der Waals surface area contributed by atoms with Crippen LogP contribution in [0.1, 0.15) is 31.9 Å². The molecule has 3 heteroatoms. The molecule has 1 unspecified atom stereocenters. The average Bonchev–Trinajstić information content (AvgIpc) is 2.73. The Morgan fingerprint density at radius 1 is 1.41 bits per heavy atom. The second kappa shape index (κ2) is 5.07. The van der Waals surface area contributed by atoms with E-state index in [1.807, 2.05) is 12.1 Å². The third kappa shape index (κ3) is 2.99. The van der Waals surface area contributed by atoms with Crippen molar-refractivity contribution in [2.24, 2.45) is 0 Å². The molecule has 0 aliphatic carbocycles. The van der Waals surface area contributed by atoms with Gasteiger partial charge in [-0.1, -0.05) is 18.2 Å². The monoisotopic (exact) mass is 235 g/mol. The molecule has 0 saturated carbocycles. The minimum atomic E-state index is -0.0635. The lowest BCUT2D eigenvalue weighted by atomic mass is 10.0. The standard InChI is InChI=1S/C14H21NO2/c1-14(2,16-3)8-9-15-12-10-17-13-7-5-4-6-11(12)13/h4-7,12,15H,8-10H2,1-3H3. The van der Waals surface area contributed by atoms with Gasteiger partial charge in [0.25, 0.3) is 0 Å². The number of fused-ring (bicyclic) bond motifs is 1. The van der Waals surface area contributed by atoms with Crippen molar-refractivity contribution in [2.75, 3.05) is 20.3 Å². The van der Waals surface area contributed by atoms with E-state index in [4.69, 9.17) is 9.47 Å². The molecule has 0 amide bonds. The maximum Gasteiger partial charge on any atom is 0.124 e. The van der Waals surface area contributed by atoms with Gasteiger partial charge in [0.15, 0.2) is 0 Å². The Morgan fingerprint density at radius 3 is 2.94 bits per heavy atom. The molecule has 1 atom stereocenters. The lowest BCUT2D eigenvalue weighted by molar-refractivity contribution is 0.0152. The van der Waals surface area contributed by atoms with Crippen molar-refractivity contribution in [3.8, 4) is 5.75 Å². The third-order valence-electron chi connectivity index (χ3n) is 3.37. The molecule has 3 nitrogen and oxygen atoms in total. The van der Waals surface area contributed by atoms with Crippen LogP contribution in [0.2, 0.25) is 0 Å². The van der Waals surface area contributed by atoms with E-state index < -0.39 is 0 Å². The minimum Gasteiger partial charge on any atom is -0.491 e. The van der Waals surface area contributed by atoms with Crippen LogP contribution in [-0.4, -0.2) is 25.9 Å². The molecule has 0 radical (unpaired) electrons. The molecule has 2 rings (SSSR count). The Balaban J connectivity index is 1.86. The summed E-state index contributed by atoms with van der Waals surface area (Å²) in [6, 6.07) is 8.53. The fraction of sp³-hybridized carbons (Fsp3) is 0.571. The van der Waals surface area contributed by atoms with Gasteiger partial charge in [-0.3, -0.25) is 0 Å². The van der Waals surface area contributed by atoms with Gasteiger partial charge < -0.3 is 14.8 Å². The van der Waals surface area contributed by atoms with Gasteiger partial charge in [-0.25, -0.2) is 0 Å². The van der Waals surface area contributed by atoms with Crippen molar-refractivity contribution < 1.29 is 9.47 Å². The van der Waals surface area contributed by atoms with E-state index >= 15 is 0 Å². The fourth-order valence-corrected chi connectivity index (χ4v) is 1.98. The Morgan fingerprint density at radius 2 is 2.18 bits per heavy atom. The van der Waals surface area contributed by atoms with Crippen molar-refractivity contribution >= 4 is 0 Å². The SMILES string of the molecule is COC(C)(C)CCNC1COc2ccccc21. The summed E-state index contributed by atoms with van der Waals surface area (Å²) in [5.41, 5.74) is 1.20. The Kier molecular flexibility index (Phi) is 3.69. The number of nitrogens with one attached hydrogen (secondary N) is 1. The van der Waals surface area contributed by atoms with Crippen LogP contribution < -0.4 is 10.1 Å².